The Bertz CT molecular complexity index is 1000. The van der Waals surface area contributed by atoms with Crippen LogP contribution < -0.4 is 0 Å². The fourth-order valence-electron chi connectivity index (χ4n) is 2.88. The molecule has 0 aromatic heterocycles. The second-order valence-electron chi connectivity index (χ2n) is 5.69. The van der Waals surface area contributed by atoms with E-state index in [0.717, 1.165) is 27.6 Å². The molecule has 116 valence electrons. The van der Waals surface area contributed by atoms with Gasteiger partial charge in [-0.1, -0.05) is 36.4 Å². The lowest BCUT2D eigenvalue weighted by Crippen LogP contribution is -2.39. The normalized spacial score (nSPS) is 19.7. The zero-order chi connectivity index (χ0) is 16.0. The van der Waals surface area contributed by atoms with Crippen LogP contribution in [0.25, 0.3) is 16.3 Å². The largest absolute Gasteiger partial charge is 0.256 e. The molecule has 0 unspecified atom stereocenters. The van der Waals surface area contributed by atoms with Gasteiger partial charge in [-0.25, -0.2) is 13.4 Å². The van der Waals surface area contributed by atoms with Gasteiger partial charge in [0.2, 0.25) is 0 Å². The number of nitrogens with zero attached hydrogens (tertiary/aromatic N) is 3. The average Bonchev–Trinajstić information content (AvgIpc) is 2.54. The number of allylic oxidation sites excluding steroid dienone is 1. The SMILES string of the molecule is CC1=NN2CCS(=O)(=O)N=C2C(c2ccc3ccccc3c2)=C1. The Morgan fingerprint density at radius 2 is 1.87 bits per heavy atom. The molecular formula is C17H15N3O2S. The van der Waals surface area contributed by atoms with Crippen LogP contribution in [0.5, 0.6) is 0 Å². The maximum absolute atomic E-state index is 11.9. The van der Waals surface area contributed by atoms with Gasteiger partial charge in [0.15, 0.2) is 5.84 Å². The molecule has 4 rings (SSSR count). The Labute approximate surface area is 134 Å². The lowest BCUT2D eigenvalue weighted by Gasteiger charge is -2.29. The Morgan fingerprint density at radius 3 is 2.70 bits per heavy atom. The molecule has 2 aliphatic heterocycles. The highest BCUT2D eigenvalue weighted by atomic mass is 32.2. The number of hydrazone groups is 1. The van der Waals surface area contributed by atoms with E-state index < -0.39 is 10.0 Å². The Kier molecular flexibility index (Phi) is 3.09. The fourth-order valence-corrected chi connectivity index (χ4v) is 3.83. The first-order chi connectivity index (χ1) is 11.0. The molecule has 2 aromatic rings. The zero-order valence-corrected chi connectivity index (χ0v) is 13.4. The molecule has 0 bridgehead atoms. The number of rotatable bonds is 1. The van der Waals surface area contributed by atoms with E-state index >= 15 is 0 Å². The van der Waals surface area contributed by atoms with Crippen molar-refractivity contribution in [2.45, 2.75) is 6.92 Å². The van der Waals surface area contributed by atoms with Gasteiger partial charge in [-0.05, 0) is 35.4 Å². The molecule has 0 amide bonds. The van der Waals surface area contributed by atoms with Crippen molar-refractivity contribution in [2.24, 2.45) is 9.50 Å². The summed E-state index contributed by atoms with van der Waals surface area (Å²) in [6.45, 7) is 2.24. The van der Waals surface area contributed by atoms with Gasteiger partial charge in [-0.15, -0.1) is 4.40 Å². The molecule has 0 saturated heterocycles. The first-order valence-corrected chi connectivity index (χ1v) is 8.99. The van der Waals surface area contributed by atoms with E-state index in [9.17, 15) is 8.42 Å². The van der Waals surface area contributed by atoms with Gasteiger partial charge in [-0.2, -0.15) is 5.10 Å². The molecule has 0 atom stereocenters. The van der Waals surface area contributed by atoms with Gasteiger partial charge < -0.3 is 0 Å². The number of hydrogen-bond donors (Lipinski definition) is 0. The maximum atomic E-state index is 11.9. The molecule has 0 radical (unpaired) electrons. The van der Waals surface area contributed by atoms with Crippen molar-refractivity contribution in [3.05, 3.63) is 54.1 Å². The predicted octanol–water partition coefficient (Wildman–Crippen LogP) is 2.66. The van der Waals surface area contributed by atoms with Crippen molar-refractivity contribution < 1.29 is 8.42 Å². The molecule has 0 saturated carbocycles. The third-order valence-corrected chi connectivity index (χ3v) is 5.11. The summed E-state index contributed by atoms with van der Waals surface area (Å²) in [4.78, 5) is 0. The minimum absolute atomic E-state index is 0.00171. The van der Waals surface area contributed by atoms with E-state index in [1.54, 1.807) is 5.01 Å². The lowest BCUT2D eigenvalue weighted by molar-refractivity contribution is 0.461. The Balaban J connectivity index is 1.90. The highest BCUT2D eigenvalue weighted by Crippen LogP contribution is 2.28. The smallest absolute Gasteiger partial charge is 0.245 e. The molecule has 5 nitrogen and oxygen atoms in total. The van der Waals surface area contributed by atoms with E-state index in [2.05, 4.69) is 21.6 Å². The summed E-state index contributed by atoms with van der Waals surface area (Å²) >= 11 is 0. The van der Waals surface area contributed by atoms with Gasteiger partial charge in [0.1, 0.15) is 0 Å². The zero-order valence-electron chi connectivity index (χ0n) is 12.6. The molecule has 0 fully saturated rings. The van der Waals surface area contributed by atoms with E-state index in [1.165, 1.54) is 0 Å². The Morgan fingerprint density at radius 1 is 1.09 bits per heavy atom. The molecule has 6 heteroatoms. The van der Waals surface area contributed by atoms with Crippen molar-refractivity contribution in [1.29, 1.82) is 0 Å². The highest BCUT2D eigenvalue weighted by molar-refractivity contribution is 7.90. The van der Waals surface area contributed by atoms with Crippen LogP contribution in [0.4, 0.5) is 0 Å². The molecule has 2 aliphatic rings. The van der Waals surface area contributed by atoms with Crippen molar-refractivity contribution >= 4 is 37.9 Å². The summed E-state index contributed by atoms with van der Waals surface area (Å²) in [6, 6.07) is 14.2. The molecule has 2 aromatic carbocycles. The number of hydrogen-bond acceptors (Lipinski definition) is 4. The van der Waals surface area contributed by atoms with Gasteiger partial charge in [0.25, 0.3) is 10.0 Å². The first-order valence-electron chi connectivity index (χ1n) is 7.38. The van der Waals surface area contributed by atoms with Crippen molar-refractivity contribution in [3.8, 4) is 0 Å². The van der Waals surface area contributed by atoms with E-state index in [-0.39, 0.29) is 5.75 Å². The lowest BCUT2D eigenvalue weighted by atomic mass is 9.98. The highest BCUT2D eigenvalue weighted by Gasteiger charge is 2.29. The van der Waals surface area contributed by atoms with Crippen LogP contribution in [0.15, 0.2) is 58.0 Å². The summed E-state index contributed by atoms with van der Waals surface area (Å²) in [5, 5.41) is 8.32. The second-order valence-corrected chi connectivity index (χ2v) is 7.44. The van der Waals surface area contributed by atoms with E-state index in [4.69, 9.17) is 0 Å². The molecule has 0 N–H and O–H groups in total. The average molecular weight is 325 g/mol. The van der Waals surface area contributed by atoms with Crippen LogP contribution in [-0.2, 0) is 10.0 Å². The van der Waals surface area contributed by atoms with Crippen LogP contribution in [0.1, 0.15) is 12.5 Å². The minimum Gasteiger partial charge on any atom is -0.245 e. The summed E-state index contributed by atoms with van der Waals surface area (Å²) in [6.07, 6.45) is 1.89. The summed E-state index contributed by atoms with van der Waals surface area (Å²) in [5.74, 6) is 0.412. The topological polar surface area (TPSA) is 62.1 Å². The van der Waals surface area contributed by atoms with Crippen LogP contribution >= 0.6 is 0 Å². The maximum Gasteiger partial charge on any atom is 0.256 e. The molecular weight excluding hydrogens is 310 g/mol. The fraction of sp³-hybridized carbons (Fsp3) is 0.176. The van der Waals surface area contributed by atoms with Crippen LogP contribution in [0, 0.1) is 0 Å². The van der Waals surface area contributed by atoms with Crippen LogP contribution in [0.3, 0.4) is 0 Å². The summed E-state index contributed by atoms with van der Waals surface area (Å²) in [5.41, 5.74) is 2.58. The molecule has 23 heavy (non-hydrogen) atoms. The van der Waals surface area contributed by atoms with Crippen LogP contribution in [-0.4, -0.2) is 37.3 Å². The van der Waals surface area contributed by atoms with E-state index in [1.807, 2.05) is 43.3 Å². The predicted molar refractivity (Wildman–Crippen MR) is 93.0 cm³/mol. The van der Waals surface area contributed by atoms with Gasteiger partial charge in [-0.3, -0.25) is 0 Å². The summed E-state index contributed by atoms with van der Waals surface area (Å²) < 4.78 is 27.7. The van der Waals surface area contributed by atoms with Crippen LogP contribution in [0.2, 0.25) is 0 Å². The molecule has 0 aliphatic carbocycles. The van der Waals surface area contributed by atoms with Gasteiger partial charge in [0, 0.05) is 5.57 Å². The van der Waals surface area contributed by atoms with E-state index in [0.29, 0.717) is 12.4 Å². The quantitative estimate of drug-likeness (QED) is 0.810. The first kappa shape index (κ1) is 14.1. The minimum atomic E-state index is -3.42. The molecule has 2 heterocycles. The standard InChI is InChI=1S/C17H15N3O2S/c1-12-10-16(17-19-23(21,22)9-8-20(17)18-12)15-7-6-13-4-2-3-5-14(13)11-15/h2-7,10-11H,8-9H2,1H3. The molecule has 0 spiro atoms. The van der Waals surface area contributed by atoms with Crippen molar-refractivity contribution in [1.82, 2.24) is 5.01 Å². The summed E-state index contributed by atoms with van der Waals surface area (Å²) in [7, 11) is -3.42. The Hall–Kier alpha value is -2.47. The number of amidine groups is 1. The third kappa shape index (κ3) is 2.55. The van der Waals surface area contributed by atoms with Gasteiger partial charge >= 0.3 is 0 Å². The van der Waals surface area contributed by atoms with Crippen molar-refractivity contribution in [2.75, 3.05) is 12.3 Å². The van der Waals surface area contributed by atoms with Gasteiger partial charge in [0.05, 0.1) is 18.0 Å². The monoisotopic (exact) mass is 325 g/mol. The number of sulfonamides is 1. The van der Waals surface area contributed by atoms with Crippen molar-refractivity contribution in [3.63, 3.8) is 0 Å². The third-order valence-electron chi connectivity index (χ3n) is 3.96. The second kappa shape index (κ2) is 5.03. The number of fused-ring (bicyclic) bond motifs is 2. The number of benzene rings is 2.